The number of rotatable bonds is 3. The van der Waals surface area contributed by atoms with Crippen molar-refractivity contribution in [3.8, 4) is 6.07 Å². The summed E-state index contributed by atoms with van der Waals surface area (Å²) in [6, 6.07) is 6.16. The Morgan fingerprint density at radius 1 is 1.43 bits per heavy atom. The third-order valence-corrected chi connectivity index (χ3v) is 7.34. The van der Waals surface area contributed by atoms with E-state index in [1.54, 1.807) is 0 Å². The number of nitriles is 1. The first-order chi connectivity index (χ1) is 9.84. The fourth-order valence-corrected chi connectivity index (χ4v) is 4.77. The van der Waals surface area contributed by atoms with E-state index >= 15 is 0 Å². The highest BCUT2D eigenvalue weighted by Crippen LogP contribution is 2.36. The van der Waals surface area contributed by atoms with Crippen LogP contribution in [0.25, 0.3) is 0 Å². The Morgan fingerprint density at radius 2 is 2.05 bits per heavy atom. The van der Waals surface area contributed by atoms with Crippen molar-refractivity contribution in [3.63, 3.8) is 0 Å². The quantitative estimate of drug-likeness (QED) is 0.792. The molecule has 0 unspecified atom stereocenters. The molecule has 0 N–H and O–H groups in total. The average molecular weight is 393 g/mol. The van der Waals surface area contributed by atoms with Crippen LogP contribution in [-0.2, 0) is 10.0 Å². The normalized spacial score (nSPS) is 19.1. The van der Waals surface area contributed by atoms with Gasteiger partial charge in [-0.05, 0) is 37.3 Å². The summed E-state index contributed by atoms with van der Waals surface area (Å²) in [7, 11) is -3.86. The predicted octanol–water partition coefficient (Wildman–Crippen LogP) is 3.00. The van der Waals surface area contributed by atoms with Gasteiger partial charge < -0.3 is 0 Å². The van der Waals surface area contributed by atoms with Crippen LogP contribution in [0.3, 0.4) is 0 Å². The molecule has 1 aliphatic rings. The van der Waals surface area contributed by atoms with Gasteiger partial charge in [0, 0.05) is 17.6 Å². The van der Waals surface area contributed by atoms with Crippen molar-refractivity contribution >= 4 is 37.7 Å². The fraction of sp³-hybridized carbons (Fsp3) is 0.462. The van der Waals surface area contributed by atoms with Gasteiger partial charge in [-0.2, -0.15) is 9.57 Å². The molecule has 1 fully saturated rings. The number of hydrogen-bond donors (Lipinski definition) is 0. The van der Waals surface area contributed by atoms with Crippen LogP contribution in [0.15, 0.2) is 27.6 Å². The van der Waals surface area contributed by atoms with Crippen molar-refractivity contribution in [1.29, 1.82) is 5.26 Å². The molecule has 0 aromatic heterocycles. The Labute approximate surface area is 136 Å². The topological polar surface area (TPSA) is 61.2 Å². The molecule has 8 heteroatoms. The number of benzene rings is 1. The molecule has 1 heterocycles. The van der Waals surface area contributed by atoms with E-state index in [0.717, 1.165) is 6.07 Å². The monoisotopic (exact) mass is 392 g/mol. The Morgan fingerprint density at radius 3 is 2.52 bits per heavy atom. The summed E-state index contributed by atoms with van der Waals surface area (Å²) in [5.41, 5.74) is 0. The van der Waals surface area contributed by atoms with Crippen molar-refractivity contribution in [2.45, 2.75) is 22.5 Å². The van der Waals surface area contributed by atoms with Gasteiger partial charge >= 0.3 is 0 Å². The molecular formula is C13H14BrFN2O2S2. The molecule has 1 aromatic carbocycles. The summed E-state index contributed by atoms with van der Waals surface area (Å²) in [6.07, 6.45) is 2.74. The van der Waals surface area contributed by atoms with E-state index in [9.17, 15) is 18.1 Å². The lowest BCUT2D eigenvalue weighted by atomic mass is 9.99. The molecular weight excluding hydrogens is 379 g/mol. The minimum absolute atomic E-state index is 0.228. The highest BCUT2D eigenvalue weighted by atomic mass is 79.9. The molecule has 0 atom stereocenters. The van der Waals surface area contributed by atoms with Crippen molar-refractivity contribution in [1.82, 2.24) is 4.31 Å². The van der Waals surface area contributed by atoms with Gasteiger partial charge in [0.1, 0.15) is 15.5 Å². The summed E-state index contributed by atoms with van der Waals surface area (Å²) in [6.45, 7) is 0.457. The molecule has 1 saturated heterocycles. The van der Waals surface area contributed by atoms with Crippen LogP contribution < -0.4 is 0 Å². The highest BCUT2D eigenvalue weighted by Gasteiger charge is 2.39. The van der Waals surface area contributed by atoms with E-state index < -0.39 is 20.6 Å². The number of thioether (sulfide) groups is 1. The van der Waals surface area contributed by atoms with Crippen molar-refractivity contribution in [2.75, 3.05) is 19.3 Å². The summed E-state index contributed by atoms with van der Waals surface area (Å²) in [5.74, 6) is -0.772. The molecule has 0 amide bonds. The van der Waals surface area contributed by atoms with Crippen LogP contribution in [0.5, 0.6) is 0 Å². The predicted molar refractivity (Wildman–Crippen MR) is 84.0 cm³/mol. The van der Waals surface area contributed by atoms with Crippen molar-refractivity contribution < 1.29 is 12.8 Å². The van der Waals surface area contributed by atoms with Crippen LogP contribution in [0.2, 0.25) is 0 Å². The van der Waals surface area contributed by atoms with Crippen molar-refractivity contribution in [3.05, 3.63) is 28.5 Å². The second-order valence-electron chi connectivity index (χ2n) is 4.79. The number of sulfonamides is 1. The minimum Gasteiger partial charge on any atom is -0.207 e. The molecule has 0 saturated carbocycles. The second-order valence-corrected chi connectivity index (χ2v) is 8.80. The number of piperidine rings is 1. The molecule has 0 aliphatic carbocycles. The molecule has 4 nitrogen and oxygen atoms in total. The molecule has 0 radical (unpaired) electrons. The standard InChI is InChI=1S/C13H14BrFN2O2S2/c1-20-13(9-16)4-6-17(7-5-13)21(18,19)12-3-2-10(14)8-11(12)15/h2-3,8H,4-7H2,1H3. The third kappa shape index (κ3) is 3.26. The van der Waals surface area contributed by atoms with Crippen LogP contribution in [0.1, 0.15) is 12.8 Å². The molecule has 0 spiro atoms. The molecule has 2 rings (SSSR count). The van der Waals surface area contributed by atoms with Gasteiger partial charge in [0.25, 0.3) is 0 Å². The largest absolute Gasteiger partial charge is 0.245 e. The maximum Gasteiger partial charge on any atom is 0.245 e. The number of halogens is 2. The Kier molecular flexibility index (Phi) is 4.98. The Bertz CT molecular complexity index is 680. The van der Waals surface area contributed by atoms with Gasteiger partial charge in [0.2, 0.25) is 10.0 Å². The van der Waals surface area contributed by atoms with Crippen LogP contribution >= 0.6 is 27.7 Å². The van der Waals surface area contributed by atoms with Crippen LogP contribution in [0, 0.1) is 17.1 Å². The Balaban J connectivity index is 2.25. The smallest absolute Gasteiger partial charge is 0.207 e. The van der Waals surface area contributed by atoms with Gasteiger partial charge in [-0.3, -0.25) is 0 Å². The van der Waals surface area contributed by atoms with Gasteiger partial charge in [-0.25, -0.2) is 12.8 Å². The number of nitrogens with zero attached hydrogens (tertiary/aromatic N) is 2. The highest BCUT2D eigenvalue weighted by molar-refractivity contribution is 9.10. The van der Waals surface area contributed by atoms with E-state index in [-0.39, 0.29) is 18.0 Å². The fourth-order valence-electron chi connectivity index (χ4n) is 2.27. The van der Waals surface area contributed by atoms with E-state index in [4.69, 9.17) is 0 Å². The van der Waals surface area contributed by atoms with Gasteiger partial charge in [0.05, 0.1) is 6.07 Å². The van der Waals surface area contributed by atoms with E-state index in [2.05, 4.69) is 22.0 Å². The SMILES string of the molecule is CSC1(C#N)CCN(S(=O)(=O)c2ccc(Br)cc2F)CC1. The van der Waals surface area contributed by atoms with Crippen molar-refractivity contribution in [2.24, 2.45) is 0 Å². The van der Waals surface area contributed by atoms with Crippen LogP contribution in [-0.4, -0.2) is 36.8 Å². The summed E-state index contributed by atoms with van der Waals surface area (Å²) in [5, 5.41) is 9.22. The summed E-state index contributed by atoms with van der Waals surface area (Å²) in [4.78, 5) is -0.320. The number of hydrogen-bond acceptors (Lipinski definition) is 4. The molecule has 0 bridgehead atoms. The first-order valence-electron chi connectivity index (χ1n) is 6.26. The van der Waals surface area contributed by atoms with E-state index in [1.165, 1.54) is 28.2 Å². The summed E-state index contributed by atoms with van der Waals surface area (Å²) >= 11 is 4.55. The lowest BCUT2D eigenvalue weighted by Crippen LogP contribution is -2.44. The van der Waals surface area contributed by atoms with Crippen LogP contribution in [0.4, 0.5) is 4.39 Å². The third-order valence-electron chi connectivity index (χ3n) is 3.64. The van der Waals surface area contributed by atoms with Gasteiger partial charge in [0.15, 0.2) is 0 Å². The summed E-state index contributed by atoms with van der Waals surface area (Å²) < 4.78 is 40.1. The zero-order chi connectivity index (χ0) is 15.7. The molecule has 1 aliphatic heterocycles. The lowest BCUT2D eigenvalue weighted by molar-refractivity contribution is 0.326. The van der Waals surface area contributed by atoms with E-state index in [0.29, 0.717) is 17.3 Å². The average Bonchev–Trinajstić information content (AvgIpc) is 2.47. The molecule has 114 valence electrons. The van der Waals surface area contributed by atoms with Gasteiger partial charge in [-0.15, -0.1) is 11.8 Å². The van der Waals surface area contributed by atoms with E-state index in [1.807, 2.05) is 6.26 Å². The maximum absolute atomic E-state index is 13.9. The zero-order valence-electron chi connectivity index (χ0n) is 11.3. The first-order valence-corrected chi connectivity index (χ1v) is 9.72. The Hall–Kier alpha value is -0.620. The first kappa shape index (κ1) is 16.7. The van der Waals surface area contributed by atoms with Gasteiger partial charge in [-0.1, -0.05) is 15.9 Å². The second kappa shape index (κ2) is 6.24. The lowest BCUT2D eigenvalue weighted by Gasteiger charge is -2.35. The maximum atomic E-state index is 13.9. The minimum atomic E-state index is -3.86. The molecule has 21 heavy (non-hydrogen) atoms. The molecule has 1 aromatic rings. The zero-order valence-corrected chi connectivity index (χ0v) is 14.6.